The van der Waals surface area contributed by atoms with Crippen LogP contribution in [0.5, 0.6) is 0 Å². The zero-order valence-electron chi connectivity index (χ0n) is 12.0. The first-order chi connectivity index (χ1) is 9.69. The Hall–Kier alpha value is -1.56. The van der Waals surface area contributed by atoms with E-state index in [-0.39, 0.29) is 12.6 Å². The van der Waals surface area contributed by atoms with E-state index in [0.717, 1.165) is 32.5 Å². The lowest BCUT2D eigenvalue weighted by atomic mass is 9.98. The first-order valence-electron chi connectivity index (χ1n) is 7.30. The minimum Gasteiger partial charge on any atom is -0.396 e. The number of likely N-dealkylation sites (tertiary alicyclic amines) is 1. The van der Waals surface area contributed by atoms with E-state index in [2.05, 4.69) is 17.3 Å². The summed E-state index contributed by atoms with van der Waals surface area (Å²) in [4.78, 5) is 13.9. The summed E-state index contributed by atoms with van der Waals surface area (Å²) in [6.07, 6.45) is 5.48. The monoisotopic (exact) mass is 280 g/mol. The Morgan fingerprint density at radius 3 is 2.85 bits per heavy atom. The molecule has 0 spiro atoms. The molecule has 6 heteroatoms. The molecule has 6 nitrogen and oxygen atoms in total. The molecule has 1 atom stereocenters. The van der Waals surface area contributed by atoms with E-state index in [0.29, 0.717) is 18.4 Å². The standard InChI is InChI=1S/C14H24N4O2/c1-12(10-18-6-2-5-16-18)9-15-14(20)17-7-3-13(11-19)4-8-17/h2,5-6,12-13,19H,3-4,7-11H2,1H3,(H,15,20). The number of urea groups is 1. The van der Waals surface area contributed by atoms with Crippen LogP contribution in [0.3, 0.4) is 0 Å². The summed E-state index contributed by atoms with van der Waals surface area (Å²) < 4.78 is 1.88. The number of carbonyl (C=O) groups excluding carboxylic acids is 1. The molecule has 2 N–H and O–H groups in total. The maximum absolute atomic E-state index is 12.0. The number of nitrogens with one attached hydrogen (secondary N) is 1. The molecule has 1 aromatic rings. The number of nitrogens with zero attached hydrogens (tertiary/aromatic N) is 3. The second kappa shape index (κ2) is 7.28. The van der Waals surface area contributed by atoms with Crippen LogP contribution in [-0.4, -0.2) is 52.1 Å². The highest BCUT2D eigenvalue weighted by Gasteiger charge is 2.22. The van der Waals surface area contributed by atoms with Crippen molar-refractivity contribution in [3.05, 3.63) is 18.5 Å². The number of hydrogen-bond donors (Lipinski definition) is 2. The summed E-state index contributed by atoms with van der Waals surface area (Å²) in [6.45, 7) is 5.27. The molecule has 0 aromatic carbocycles. The van der Waals surface area contributed by atoms with Crippen LogP contribution in [0.15, 0.2) is 18.5 Å². The third-order valence-corrected chi connectivity index (χ3v) is 3.82. The SMILES string of the molecule is CC(CNC(=O)N1CCC(CO)CC1)Cn1cccn1. The van der Waals surface area contributed by atoms with E-state index in [1.807, 2.05) is 21.8 Å². The molecule has 2 rings (SSSR count). The summed E-state index contributed by atoms with van der Waals surface area (Å²) in [5.41, 5.74) is 0. The molecule has 2 amide bonds. The number of hydrogen-bond acceptors (Lipinski definition) is 3. The van der Waals surface area contributed by atoms with Crippen molar-refractivity contribution in [2.45, 2.75) is 26.3 Å². The van der Waals surface area contributed by atoms with Gasteiger partial charge in [-0.05, 0) is 30.7 Å². The Morgan fingerprint density at radius 2 is 2.25 bits per heavy atom. The van der Waals surface area contributed by atoms with Gasteiger partial charge in [0.25, 0.3) is 0 Å². The van der Waals surface area contributed by atoms with Gasteiger partial charge in [-0.15, -0.1) is 0 Å². The second-order valence-electron chi connectivity index (χ2n) is 5.63. The molecule has 112 valence electrons. The van der Waals surface area contributed by atoms with Crippen molar-refractivity contribution in [1.29, 1.82) is 0 Å². The van der Waals surface area contributed by atoms with Crippen molar-refractivity contribution < 1.29 is 9.90 Å². The molecule has 0 radical (unpaired) electrons. The fourth-order valence-corrected chi connectivity index (χ4v) is 2.48. The molecule has 1 aliphatic heterocycles. The number of piperidine rings is 1. The van der Waals surface area contributed by atoms with Crippen LogP contribution < -0.4 is 5.32 Å². The molecular weight excluding hydrogens is 256 g/mol. The van der Waals surface area contributed by atoms with Crippen molar-refractivity contribution in [3.63, 3.8) is 0 Å². The van der Waals surface area contributed by atoms with Gasteiger partial charge in [0.05, 0.1) is 0 Å². The zero-order valence-corrected chi connectivity index (χ0v) is 12.0. The Kier molecular flexibility index (Phi) is 5.40. The lowest BCUT2D eigenvalue weighted by Gasteiger charge is -2.31. The minimum atomic E-state index is 0.00806. The normalized spacial score (nSPS) is 18.0. The van der Waals surface area contributed by atoms with Gasteiger partial charge in [0.15, 0.2) is 0 Å². The van der Waals surface area contributed by atoms with Gasteiger partial charge < -0.3 is 15.3 Å². The fraction of sp³-hybridized carbons (Fsp3) is 0.714. The lowest BCUT2D eigenvalue weighted by Crippen LogP contribution is -2.46. The smallest absolute Gasteiger partial charge is 0.317 e. The van der Waals surface area contributed by atoms with Gasteiger partial charge in [-0.25, -0.2) is 4.79 Å². The molecular formula is C14H24N4O2. The highest BCUT2D eigenvalue weighted by molar-refractivity contribution is 5.74. The Balaban J connectivity index is 1.67. The molecule has 1 aromatic heterocycles. The second-order valence-corrected chi connectivity index (χ2v) is 5.63. The van der Waals surface area contributed by atoms with E-state index in [1.165, 1.54) is 0 Å². The first-order valence-corrected chi connectivity index (χ1v) is 7.30. The van der Waals surface area contributed by atoms with Gasteiger partial charge >= 0.3 is 6.03 Å². The summed E-state index contributed by atoms with van der Waals surface area (Å²) in [6, 6.07) is 1.91. The van der Waals surface area contributed by atoms with Crippen LogP contribution in [0.4, 0.5) is 4.79 Å². The maximum Gasteiger partial charge on any atom is 0.317 e. The van der Waals surface area contributed by atoms with Crippen LogP contribution in [0.1, 0.15) is 19.8 Å². The van der Waals surface area contributed by atoms with Crippen molar-refractivity contribution in [2.75, 3.05) is 26.2 Å². The van der Waals surface area contributed by atoms with Crippen LogP contribution >= 0.6 is 0 Å². The first kappa shape index (κ1) is 14.8. The average Bonchev–Trinajstić information content (AvgIpc) is 2.97. The molecule has 1 unspecified atom stereocenters. The molecule has 1 aliphatic rings. The molecule has 0 saturated carbocycles. The quantitative estimate of drug-likeness (QED) is 0.843. The highest BCUT2D eigenvalue weighted by atomic mass is 16.3. The van der Waals surface area contributed by atoms with Crippen molar-refractivity contribution in [1.82, 2.24) is 20.0 Å². The highest BCUT2D eigenvalue weighted by Crippen LogP contribution is 2.16. The van der Waals surface area contributed by atoms with Crippen molar-refractivity contribution in [2.24, 2.45) is 11.8 Å². The molecule has 20 heavy (non-hydrogen) atoms. The molecule has 1 fully saturated rings. The van der Waals surface area contributed by atoms with Gasteiger partial charge in [-0.1, -0.05) is 6.92 Å². The van der Waals surface area contributed by atoms with Gasteiger partial charge in [-0.3, -0.25) is 4.68 Å². The van der Waals surface area contributed by atoms with E-state index < -0.39 is 0 Å². The molecule has 1 saturated heterocycles. The predicted molar refractivity (Wildman–Crippen MR) is 76.2 cm³/mol. The zero-order chi connectivity index (χ0) is 14.4. The predicted octanol–water partition coefficient (Wildman–Crippen LogP) is 0.933. The summed E-state index contributed by atoms with van der Waals surface area (Å²) in [5.74, 6) is 0.701. The van der Waals surface area contributed by atoms with Gasteiger partial charge in [0, 0.05) is 45.2 Å². The topological polar surface area (TPSA) is 70.4 Å². The fourth-order valence-electron chi connectivity index (χ4n) is 2.48. The number of carbonyl (C=O) groups is 1. The third-order valence-electron chi connectivity index (χ3n) is 3.82. The van der Waals surface area contributed by atoms with Crippen LogP contribution in [0.25, 0.3) is 0 Å². The number of amides is 2. The maximum atomic E-state index is 12.0. The number of aliphatic hydroxyl groups excluding tert-OH is 1. The Labute approximate surface area is 119 Å². The van der Waals surface area contributed by atoms with Crippen molar-refractivity contribution in [3.8, 4) is 0 Å². The summed E-state index contributed by atoms with van der Waals surface area (Å²) >= 11 is 0. The number of aromatic nitrogens is 2. The van der Waals surface area contributed by atoms with Crippen molar-refractivity contribution >= 4 is 6.03 Å². The Morgan fingerprint density at radius 1 is 1.50 bits per heavy atom. The molecule has 2 heterocycles. The molecule has 0 aliphatic carbocycles. The summed E-state index contributed by atoms with van der Waals surface area (Å²) in [5, 5.41) is 16.2. The van der Waals surface area contributed by atoms with Crippen LogP contribution in [0.2, 0.25) is 0 Å². The number of rotatable bonds is 5. The largest absolute Gasteiger partial charge is 0.396 e. The number of aliphatic hydroxyl groups is 1. The van der Waals surface area contributed by atoms with E-state index in [4.69, 9.17) is 5.11 Å². The molecule has 0 bridgehead atoms. The van der Waals surface area contributed by atoms with E-state index in [9.17, 15) is 4.79 Å². The van der Waals surface area contributed by atoms with E-state index in [1.54, 1.807) is 6.20 Å². The Bertz CT molecular complexity index is 399. The minimum absolute atomic E-state index is 0.00806. The van der Waals surface area contributed by atoms with Crippen LogP contribution in [0, 0.1) is 11.8 Å². The van der Waals surface area contributed by atoms with Gasteiger partial charge in [-0.2, -0.15) is 5.10 Å². The van der Waals surface area contributed by atoms with Gasteiger partial charge in [0.2, 0.25) is 0 Å². The third kappa shape index (κ3) is 4.23. The van der Waals surface area contributed by atoms with Crippen LogP contribution in [-0.2, 0) is 6.54 Å². The lowest BCUT2D eigenvalue weighted by molar-refractivity contribution is 0.136. The average molecular weight is 280 g/mol. The van der Waals surface area contributed by atoms with Gasteiger partial charge in [0.1, 0.15) is 0 Å². The van der Waals surface area contributed by atoms with E-state index >= 15 is 0 Å². The summed E-state index contributed by atoms with van der Waals surface area (Å²) in [7, 11) is 0.